The minimum absolute atomic E-state index is 0.0414. The van der Waals surface area contributed by atoms with Gasteiger partial charge in [-0.25, -0.2) is 4.98 Å². The van der Waals surface area contributed by atoms with Crippen molar-refractivity contribution in [2.75, 3.05) is 6.54 Å². The van der Waals surface area contributed by atoms with Crippen molar-refractivity contribution in [3.8, 4) is 10.4 Å². The summed E-state index contributed by atoms with van der Waals surface area (Å²) in [6, 6.07) is 16.9. The maximum Gasteiger partial charge on any atom is 0.259 e. The van der Waals surface area contributed by atoms with E-state index >= 15 is 0 Å². The molecule has 1 N–H and O–H groups in total. The van der Waals surface area contributed by atoms with Crippen LogP contribution in [0.15, 0.2) is 58.7 Å². The zero-order valence-corrected chi connectivity index (χ0v) is 16.4. The van der Waals surface area contributed by atoms with Crippen molar-refractivity contribution >= 4 is 32.9 Å². The number of thiophene rings is 2. The number of H-pyrrole nitrogens is 1. The molecule has 0 spiro atoms. The highest BCUT2D eigenvalue weighted by molar-refractivity contribution is 7.21. The van der Waals surface area contributed by atoms with Crippen molar-refractivity contribution in [2.24, 2.45) is 0 Å². The maximum absolute atomic E-state index is 12.6. The summed E-state index contributed by atoms with van der Waals surface area (Å²) in [6.07, 6.45) is 2.36. The van der Waals surface area contributed by atoms with Gasteiger partial charge in [-0.1, -0.05) is 36.4 Å². The van der Waals surface area contributed by atoms with Gasteiger partial charge in [-0.05, 0) is 42.5 Å². The number of likely N-dealkylation sites (tertiary alicyclic amines) is 1. The third-order valence-corrected chi connectivity index (χ3v) is 7.15. The summed E-state index contributed by atoms with van der Waals surface area (Å²) in [4.78, 5) is 26.2. The Kier molecular flexibility index (Phi) is 4.39. The Morgan fingerprint density at radius 1 is 1.19 bits per heavy atom. The SMILES string of the molecule is O=c1[nH]c(CN2CCCC2c2cccs2)nc2sc(-c3ccccc3)cc12. The number of fused-ring (bicyclic) bond motifs is 1. The topological polar surface area (TPSA) is 49.0 Å². The second kappa shape index (κ2) is 7.03. The van der Waals surface area contributed by atoms with Crippen molar-refractivity contribution in [2.45, 2.75) is 25.4 Å². The summed E-state index contributed by atoms with van der Waals surface area (Å²) in [6.45, 7) is 1.73. The molecule has 1 aliphatic heterocycles. The predicted molar refractivity (Wildman–Crippen MR) is 112 cm³/mol. The summed E-state index contributed by atoms with van der Waals surface area (Å²) in [5, 5.41) is 2.81. The van der Waals surface area contributed by atoms with Crippen molar-refractivity contribution < 1.29 is 0 Å². The van der Waals surface area contributed by atoms with Crippen molar-refractivity contribution in [3.05, 3.63) is 75.0 Å². The standard InChI is InChI=1S/C21H19N3OS2/c25-20-15-12-18(14-6-2-1-3-7-14)27-21(15)23-19(22-20)13-24-10-4-8-16(24)17-9-5-11-26-17/h1-3,5-7,9,11-12,16H,4,8,10,13H2,(H,22,23,25). The lowest BCUT2D eigenvalue weighted by Gasteiger charge is -2.22. The molecule has 4 nitrogen and oxygen atoms in total. The van der Waals surface area contributed by atoms with Gasteiger partial charge in [-0.3, -0.25) is 9.69 Å². The molecule has 4 aromatic rings. The van der Waals surface area contributed by atoms with Gasteiger partial charge < -0.3 is 4.98 Å². The van der Waals surface area contributed by atoms with E-state index in [1.807, 2.05) is 35.6 Å². The van der Waals surface area contributed by atoms with Crippen LogP contribution in [0.2, 0.25) is 0 Å². The van der Waals surface area contributed by atoms with E-state index in [1.165, 1.54) is 17.7 Å². The molecule has 0 radical (unpaired) electrons. The number of nitrogens with one attached hydrogen (secondary N) is 1. The molecule has 6 heteroatoms. The molecular formula is C21H19N3OS2. The van der Waals surface area contributed by atoms with Gasteiger partial charge >= 0.3 is 0 Å². The van der Waals surface area contributed by atoms with Crippen LogP contribution in [-0.2, 0) is 6.54 Å². The lowest BCUT2D eigenvalue weighted by molar-refractivity contribution is 0.245. The minimum atomic E-state index is -0.0414. The molecule has 1 atom stereocenters. The lowest BCUT2D eigenvalue weighted by Crippen LogP contribution is -2.25. The monoisotopic (exact) mass is 393 g/mol. The Morgan fingerprint density at radius 2 is 2.07 bits per heavy atom. The Hall–Kier alpha value is -2.28. The maximum atomic E-state index is 12.6. The van der Waals surface area contributed by atoms with Crippen LogP contribution in [0.4, 0.5) is 0 Å². The van der Waals surface area contributed by atoms with E-state index < -0.39 is 0 Å². The number of aromatic nitrogens is 2. The lowest BCUT2D eigenvalue weighted by atomic mass is 10.2. The van der Waals surface area contributed by atoms with E-state index in [9.17, 15) is 4.79 Å². The van der Waals surface area contributed by atoms with Crippen LogP contribution >= 0.6 is 22.7 Å². The van der Waals surface area contributed by atoms with E-state index in [4.69, 9.17) is 4.98 Å². The van der Waals surface area contributed by atoms with Crippen molar-refractivity contribution in [1.82, 2.24) is 14.9 Å². The Bertz CT molecular complexity index is 1120. The van der Waals surface area contributed by atoms with Crippen molar-refractivity contribution in [3.63, 3.8) is 0 Å². The number of benzene rings is 1. The van der Waals surface area contributed by atoms with E-state index in [2.05, 4.69) is 39.5 Å². The highest BCUT2D eigenvalue weighted by Gasteiger charge is 2.27. The largest absolute Gasteiger partial charge is 0.309 e. The van der Waals surface area contributed by atoms with Gasteiger partial charge in [0.15, 0.2) is 0 Å². The van der Waals surface area contributed by atoms with Gasteiger partial charge in [0.25, 0.3) is 5.56 Å². The first-order chi connectivity index (χ1) is 13.3. The van der Waals surface area contributed by atoms with E-state index in [0.717, 1.165) is 27.6 Å². The van der Waals surface area contributed by atoms with Crippen molar-refractivity contribution in [1.29, 1.82) is 0 Å². The molecule has 4 heterocycles. The average Bonchev–Trinajstić information content (AvgIpc) is 3.42. The highest BCUT2D eigenvalue weighted by Crippen LogP contribution is 2.35. The van der Waals surface area contributed by atoms with Crippen LogP contribution in [0.1, 0.15) is 29.6 Å². The van der Waals surface area contributed by atoms with Gasteiger partial charge in [0.05, 0.1) is 11.9 Å². The summed E-state index contributed by atoms with van der Waals surface area (Å²) in [7, 11) is 0. The van der Waals surface area contributed by atoms with Gasteiger partial charge in [0, 0.05) is 15.8 Å². The molecule has 0 aliphatic carbocycles. The van der Waals surface area contributed by atoms with E-state index in [1.54, 1.807) is 11.3 Å². The molecule has 1 aromatic carbocycles. The fourth-order valence-corrected chi connectivity index (χ4v) is 5.76. The third kappa shape index (κ3) is 3.25. The quantitative estimate of drug-likeness (QED) is 0.528. The molecule has 0 saturated carbocycles. The molecular weight excluding hydrogens is 374 g/mol. The number of nitrogens with zero attached hydrogens (tertiary/aromatic N) is 2. The molecule has 1 aliphatic rings. The number of aromatic amines is 1. The molecule has 5 rings (SSSR count). The Balaban J connectivity index is 1.47. The van der Waals surface area contributed by atoms with E-state index in [-0.39, 0.29) is 5.56 Å². The number of hydrogen-bond donors (Lipinski definition) is 1. The number of rotatable bonds is 4. The smallest absolute Gasteiger partial charge is 0.259 e. The van der Waals surface area contributed by atoms with Gasteiger partial charge in [-0.2, -0.15) is 0 Å². The molecule has 136 valence electrons. The molecule has 1 unspecified atom stereocenters. The zero-order valence-electron chi connectivity index (χ0n) is 14.7. The predicted octanol–water partition coefficient (Wildman–Crippen LogP) is 5.05. The molecule has 27 heavy (non-hydrogen) atoms. The fraction of sp³-hybridized carbons (Fsp3) is 0.238. The van der Waals surface area contributed by atoms with Gasteiger partial charge in [0.1, 0.15) is 10.7 Å². The highest BCUT2D eigenvalue weighted by atomic mass is 32.1. The second-order valence-electron chi connectivity index (χ2n) is 6.85. The molecule has 3 aromatic heterocycles. The van der Waals surface area contributed by atoms with Crippen LogP contribution < -0.4 is 5.56 Å². The summed E-state index contributed by atoms with van der Waals surface area (Å²) in [5.41, 5.74) is 1.08. The van der Waals surface area contributed by atoms with E-state index in [0.29, 0.717) is 18.0 Å². The van der Waals surface area contributed by atoms with Crippen LogP contribution in [0.3, 0.4) is 0 Å². The zero-order chi connectivity index (χ0) is 18.2. The third-order valence-electron chi connectivity index (χ3n) is 5.10. The Morgan fingerprint density at radius 3 is 2.89 bits per heavy atom. The molecule has 0 amide bonds. The van der Waals surface area contributed by atoms with Crippen LogP contribution in [0.5, 0.6) is 0 Å². The van der Waals surface area contributed by atoms with Gasteiger partial charge in [-0.15, -0.1) is 22.7 Å². The fourth-order valence-electron chi connectivity index (χ4n) is 3.81. The van der Waals surface area contributed by atoms with Crippen LogP contribution in [-0.4, -0.2) is 21.4 Å². The normalized spacial score (nSPS) is 17.7. The first-order valence-corrected chi connectivity index (χ1v) is 10.8. The molecule has 1 fully saturated rings. The Labute approximate surface area is 165 Å². The molecule has 1 saturated heterocycles. The van der Waals surface area contributed by atoms with Gasteiger partial charge in [0.2, 0.25) is 0 Å². The van der Waals surface area contributed by atoms with Crippen LogP contribution in [0, 0.1) is 0 Å². The van der Waals surface area contributed by atoms with Crippen LogP contribution in [0.25, 0.3) is 20.7 Å². The first kappa shape index (κ1) is 16.9. The summed E-state index contributed by atoms with van der Waals surface area (Å²) in [5.74, 6) is 0.761. The number of hydrogen-bond acceptors (Lipinski definition) is 5. The minimum Gasteiger partial charge on any atom is -0.309 e. The second-order valence-corrected chi connectivity index (χ2v) is 8.86. The average molecular weight is 394 g/mol. The summed E-state index contributed by atoms with van der Waals surface area (Å²) < 4.78 is 0. The summed E-state index contributed by atoms with van der Waals surface area (Å²) >= 11 is 3.40. The first-order valence-electron chi connectivity index (χ1n) is 9.13. The molecule has 0 bridgehead atoms.